The van der Waals surface area contributed by atoms with Gasteiger partial charge in [0.25, 0.3) is 0 Å². The number of allylic oxidation sites excluding steroid dienone is 1. The van der Waals surface area contributed by atoms with Crippen LogP contribution in [0.5, 0.6) is 0 Å². The van der Waals surface area contributed by atoms with E-state index in [1.165, 1.54) is 7.11 Å². The van der Waals surface area contributed by atoms with Crippen LogP contribution < -0.4 is 5.32 Å². The van der Waals surface area contributed by atoms with E-state index in [9.17, 15) is 4.79 Å². The number of halogens is 1. The number of carbonyl (C=O) groups is 1. The number of hydrogen-bond acceptors (Lipinski definition) is 4. The second-order valence-corrected chi connectivity index (χ2v) is 6.23. The molecule has 0 unspecified atom stereocenters. The number of nitrogens with one attached hydrogen (secondary N) is 1. The van der Waals surface area contributed by atoms with Gasteiger partial charge in [-0.1, -0.05) is 29.8 Å². The molecule has 0 spiro atoms. The molecule has 0 radical (unpaired) electrons. The second-order valence-electron chi connectivity index (χ2n) is 5.82. The third kappa shape index (κ3) is 6.17. The van der Waals surface area contributed by atoms with Crippen molar-refractivity contribution in [1.29, 1.82) is 0 Å². The highest BCUT2D eigenvalue weighted by molar-refractivity contribution is 6.31. The summed E-state index contributed by atoms with van der Waals surface area (Å²) in [5.41, 5.74) is 4.81. The lowest BCUT2D eigenvalue weighted by Crippen LogP contribution is -2.22. The summed E-state index contributed by atoms with van der Waals surface area (Å²) in [4.78, 5) is 15.6. The fraction of sp³-hybridized carbons (Fsp3) is 0.300. The van der Waals surface area contributed by atoms with E-state index >= 15 is 0 Å². The summed E-state index contributed by atoms with van der Waals surface area (Å²) in [5, 5.41) is 3.23. The number of carbonyl (C=O) groups excluding carboxylic acids is 1. The Balaban J connectivity index is 1.94. The van der Waals surface area contributed by atoms with Gasteiger partial charge < -0.3 is 14.8 Å². The van der Waals surface area contributed by atoms with Crippen LogP contribution in [-0.4, -0.2) is 24.8 Å². The van der Waals surface area contributed by atoms with Gasteiger partial charge in [0.15, 0.2) is 0 Å². The van der Waals surface area contributed by atoms with Crippen molar-refractivity contribution in [2.75, 3.05) is 13.7 Å². The van der Waals surface area contributed by atoms with Crippen LogP contribution in [0, 0.1) is 6.92 Å². The molecule has 0 atom stereocenters. The molecule has 1 amide bonds. The number of benzene rings is 1. The van der Waals surface area contributed by atoms with Crippen molar-refractivity contribution < 1.29 is 14.3 Å². The van der Waals surface area contributed by atoms with Crippen molar-refractivity contribution in [2.24, 2.45) is 0 Å². The molecule has 1 N–H and O–H groups in total. The quantitative estimate of drug-likeness (QED) is 0.724. The third-order valence-corrected chi connectivity index (χ3v) is 4.18. The molecule has 0 aliphatic rings. The van der Waals surface area contributed by atoms with Crippen molar-refractivity contribution in [1.82, 2.24) is 10.3 Å². The van der Waals surface area contributed by atoms with Crippen molar-refractivity contribution in [3.63, 3.8) is 0 Å². The van der Waals surface area contributed by atoms with E-state index in [1.54, 1.807) is 0 Å². The highest BCUT2D eigenvalue weighted by atomic mass is 35.5. The lowest BCUT2D eigenvalue weighted by molar-refractivity contribution is 0.146. The highest BCUT2D eigenvalue weighted by Crippen LogP contribution is 2.22. The molecule has 1 aromatic heterocycles. The summed E-state index contributed by atoms with van der Waals surface area (Å²) in [7, 11) is 1.33. The number of amides is 1. The zero-order valence-electron chi connectivity index (χ0n) is 15.2. The number of nitrogens with zero attached hydrogens (tertiary/aromatic N) is 1. The Kier molecular flexibility index (Phi) is 7.63. The molecule has 138 valence electrons. The fourth-order valence-corrected chi connectivity index (χ4v) is 2.52. The van der Waals surface area contributed by atoms with Crippen LogP contribution in [-0.2, 0) is 22.6 Å². The first kappa shape index (κ1) is 19.9. The molecule has 2 aromatic rings. The summed E-state index contributed by atoms with van der Waals surface area (Å²) in [6.45, 7) is 5.23. The maximum Gasteiger partial charge on any atom is 0.407 e. The van der Waals surface area contributed by atoms with Crippen LogP contribution in [0.2, 0.25) is 5.02 Å². The van der Waals surface area contributed by atoms with E-state index < -0.39 is 6.09 Å². The maximum atomic E-state index is 11.2. The molecule has 6 heteroatoms. The molecule has 0 aliphatic heterocycles. The van der Waals surface area contributed by atoms with Crippen LogP contribution in [0.4, 0.5) is 4.79 Å². The number of alkyl carbamates (subject to hydrolysis) is 1. The Hall–Kier alpha value is -2.37. The van der Waals surface area contributed by atoms with Gasteiger partial charge in [-0.05, 0) is 54.8 Å². The van der Waals surface area contributed by atoms with Gasteiger partial charge in [-0.25, -0.2) is 4.79 Å². The van der Waals surface area contributed by atoms with E-state index in [0.717, 1.165) is 28.1 Å². The standard InChI is InChI=1S/C20H23ClN2O3/c1-14(9-10-26-13-18-6-4-5-15(2)23-18)16-7-8-19(21)17(11-16)12-22-20(24)25-3/h4-9,11H,10,12-13H2,1-3H3,(H,22,24)/b14-9+. The Labute approximate surface area is 159 Å². The number of rotatable bonds is 7. The SMILES string of the molecule is COC(=O)NCc1cc(/C(C)=C/COCc2cccc(C)n2)ccc1Cl. The zero-order valence-corrected chi connectivity index (χ0v) is 16.0. The summed E-state index contributed by atoms with van der Waals surface area (Å²) >= 11 is 6.19. The van der Waals surface area contributed by atoms with Gasteiger partial charge in [0.2, 0.25) is 0 Å². The number of hydrogen-bond donors (Lipinski definition) is 1. The molecule has 0 bridgehead atoms. The van der Waals surface area contributed by atoms with Crippen molar-refractivity contribution in [3.8, 4) is 0 Å². The normalized spacial score (nSPS) is 11.3. The van der Waals surface area contributed by atoms with Crippen molar-refractivity contribution >= 4 is 23.3 Å². The lowest BCUT2D eigenvalue weighted by atomic mass is 10.0. The Bertz CT molecular complexity index is 790. The van der Waals surface area contributed by atoms with Crippen LogP contribution in [0.25, 0.3) is 5.57 Å². The molecular formula is C20H23ClN2O3. The third-order valence-electron chi connectivity index (χ3n) is 3.81. The fourth-order valence-electron chi connectivity index (χ4n) is 2.34. The summed E-state index contributed by atoms with van der Waals surface area (Å²) in [5.74, 6) is 0. The Morgan fingerprint density at radius 2 is 2.12 bits per heavy atom. The zero-order chi connectivity index (χ0) is 18.9. The minimum absolute atomic E-state index is 0.308. The number of aromatic nitrogens is 1. The highest BCUT2D eigenvalue weighted by Gasteiger charge is 2.06. The molecule has 1 aromatic carbocycles. The van der Waals surface area contributed by atoms with Crippen LogP contribution >= 0.6 is 11.6 Å². The molecule has 26 heavy (non-hydrogen) atoms. The molecule has 0 saturated heterocycles. The van der Waals surface area contributed by atoms with Gasteiger partial charge in [0, 0.05) is 17.3 Å². The summed E-state index contributed by atoms with van der Waals surface area (Å²) < 4.78 is 10.2. The molecule has 2 rings (SSSR count). The number of ether oxygens (including phenoxy) is 2. The number of pyridine rings is 1. The first-order chi connectivity index (χ1) is 12.5. The Morgan fingerprint density at radius 1 is 1.31 bits per heavy atom. The number of aryl methyl sites for hydroxylation is 1. The first-order valence-electron chi connectivity index (χ1n) is 8.27. The minimum atomic E-state index is -0.489. The van der Waals surface area contributed by atoms with Gasteiger partial charge >= 0.3 is 6.09 Å². The lowest BCUT2D eigenvalue weighted by Gasteiger charge is -2.09. The van der Waals surface area contributed by atoms with Crippen LogP contribution in [0.15, 0.2) is 42.5 Å². The summed E-state index contributed by atoms with van der Waals surface area (Å²) in [6, 6.07) is 11.6. The second kappa shape index (κ2) is 9.94. The molecule has 1 heterocycles. The van der Waals surface area contributed by atoms with Crippen LogP contribution in [0.1, 0.15) is 29.4 Å². The van der Waals surface area contributed by atoms with E-state index in [4.69, 9.17) is 16.3 Å². The smallest absolute Gasteiger partial charge is 0.407 e. The predicted molar refractivity (Wildman–Crippen MR) is 103 cm³/mol. The molecular weight excluding hydrogens is 352 g/mol. The molecule has 0 fully saturated rings. The van der Waals surface area contributed by atoms with Crippen LogP contribution in [0.3, 0.4) is 0 Å². The molecule has 5 nitrogen and oxygen atoms in total. The van der Waals surface area contributed by atoms with Gasteiger partial charge in [-0.2, -0.15) is 0 Å². The largest absolute Gasteiger partial charge is 0.453 e. The van der Waals surface area contributed by atoms with E-state index in [-0.39, 0.29) is 0 Å². The average molecular weight is 375 g/mol. The predicted octanol–water partition coefficient (Wildman–Crippen LogP) is 4.52. The number of methoxy groups -OCH3 is 1. The van der Waals surface area contributed by atoms with Gasteiger partial charge in [0.05, 0.1) is 26.0 Å². The monoisotopic (exact) mass is 374 g/mol. The van der Waals surface area contributed by atoms with Gasteiger partial charge in [-0.3, -0.25) is 4.98 Å². The van der Waals surface area contributed by atoms with E-state index in [2.05, 4.69) is 15.0 Å². The van der Waals surface area contributed by atoms with Crippen molar-refractivity contribution in [2.45, 2.75) is 27.0 Å². The van der Waals surface area contributed by atoms with Gasteiger partial charge in [0.1, 0.15) is 0 Å². The van der Waals surface area contributed by atoms with Crippen molar-refractivity contribution in [3.05, 3.63) is 70.0 Å². The maximum absolute atomic E-state index is 11.2. The topological polar surface area (TPSA) is 60.5 Å². The summed E-state index contributed by atoms with van der Waals surface area (Å²) in [6.07, 6.45) is 1.52. The minimum Gasteiger partial charge on any atom is -0.453 e. The average Bonchev–Trinajstić information content (AvgIpc) is 2.64. The molecule has 0 saturated carbocycles. The molecule has 0 aliphatic carbocycles. The Morgan fingerprint density at radius 3 is 2.85 bits per heavy atom. The first-order valence-corrected chi connectivity index (χ1v) is 8.65. The van der Waals surface area contributed by atoms with E-state index in [1.807, 2.05) is 56.3 Å². The van der Waals surface area contributed by atoms with Gasteiger partial charge in [-0.15, -0.1) is 0 Å². The van der Waals surface area contributed by atoms with E-state index in [0.29, 0.717) is 24.8 Å².